The van der Waals surface area contributed by atoms with E-state index in [2.05, 4.69) is 40.0 Å². The van der Waals surface area contributed by atoms with Crippen LogP contribution in [0.2, 0.25) is 0 Å². The zero-order valence-corrected chi connectivity index (χ0v) is 9.01. The van der Waals surface area contributed by atoms with E-state index in [0.717, 1.165) is 8.58 Å². The molecule has 0 spiro atoms. The predicted molar refractivity (Wildman–Crippen MR) is 55.2 cm³/mol. The summed E-state index contributed by atoms with van der Waals surface area (Å²) in [5.41, 5.74) is 0. The monoisotopic (exact) mass is 231 g/mol. The van der Waals surface area contributed by atoms with Crippen LogP contribution in [0, 0.1) is 0 Å². The molecule has 1 nitrogen and oxygen atoms in total. The number of aromatic nitrogens is 1. The summed E-state index contributed by atoms with van der Waals surface area (Å²) in [6.07, 6.45) is 4.87. The number of hydrogen-bond acceptors (Lipinski definition) is 1. The van der Waals surface area contributed by atoms with E-state index >= 15 is 0 Å². The van der Waals surface area contributed by atoms with Gasteiger partial charge in [-0.25, -0.2) is 0 Å². The summed E-state index contributed by atoms with van der Waals surface area (Å²) >= 11 is 3.61. The Morgan fingerprint density at radius 1 is 1.55 bits per heavy atom. The lowest BCUT2D eigenvalue weighted by atomic mass is 10.5. The molecule has 0 saturated heterocycles. The molecule has 0 aliphatic heterocycles. The van der Waals surface area contributed by atoms with Crippen LogP contribution in [-0.4, -0.2) is 9.55 Å². The average molecular weight is 232 g/mol. The summed E-state index contributed by atoms with van der Waals surface area (Å²) in [7, 11) is 0.855. The molecular formula is C8H11BrNP. The van der Waals surface area contributed by atoms with E-state index in [-0.39, 0.29) is 0 Å². The number of rotatable bonds is 3. The normalized spacial score (nSPS) is 14.0. The van der Waals surface area contributed by atoms with Crippen LogP contribution in [-0.2, 0) is 0 Å². The molecule has 0 N–H and O–H groups in total. The maximum absolute atomic E-state index is 3.97. The van der Waals surface area contributed by atoms with E-state index in [1.807, 2.05) is 12.4 Å². The largest absolute Gasteiger partial charge is 0.265 e. The van der Waals surface area contributed by atoms with Crippen LogP contribution < -0.4 is 5.30 Å². The molecule has 0 fully saturated rings. The molecular weight excluding hydrogens is 221 g/mol. The fourth-order valence-corrected chi connectivity index (χ4v) is 2.43. The van der Waals surface area contributed by atoms with E-state index < -0.39 is 0 Å². The van der Waals surface area contributed by atoms with Gasteiger partial charge in [-0.15, -0.1) is 0 Å². The number of alkyl halides is 1. The van der Waals surface area contributed by atoms with Gasteiger partial charge in [0.1, 0.15) is 0 Å². The highest BCUT2D eigenvalue weighted by Gasteiger charge is 2.00. The molecule has 2 unspecified atom stereocenters. The SMILES string of the molecule is CCC(Br)Pc1ccncc1. The van der Waals surface area contributed by atoms with Gasteiger partial charge < -0.3 is 0 Å². The molecule has 1 rings (SSSR count). The number of hydrogen-bond donors (Lipinski definition) is 0. The first-order valence-electron chi connectivity index (χ1n) is 3.63. The second-order valence-corrected chi connectivity index (χ2v) is 5.77. The molecule has 60 valence electrons. The van der Waals surface area contributed by atoms with Gasteiger partial charge in [0.05, 0.1) is 0 Å². The Bertz CT molecular complexity index is 203. The Morgan fingerprint density at radius 3 is 2.73 bits per heavy atom. The summed E-state index contributed by atoms with van der Waals surface area (Å²) in [6.45, 7) is 2.19. The molecule has 11 heavy (non-hydrogen) atoms. The van der Waals surface area contributed by atoms with Gasteiger partial charge in [0.15, 0.2) is 0 Å². The fourth-order valence-electron chi connectivity index (χ4n) is 0.731. The highest BCUT2D eigenvalue weighted by atomic mass is 79.9. The molecule has 1 aromatic heterocycles. The highest BCUT2D eigenvalue weighted by Crippen LogP contribution is 2.25. The van der Waals surface area contributed by atoms with Gasteiger partial charge in [0.2, 0.25) is 0 Å². The number of pyridine rings is 1. The van der Waals surface area contributed by atoms with Crippen LogP contribution in [0.3, 0.4) is 0 Å². The summed E-state index contributed by atoms with van der Waals surface area (Å²) < 4.78 is 0.630. The van der Waals surface area contributed by atoms with Crippen molar-refractivity contribution < 1.29 is 0 Å². The van der Waals surface area contributed by atoms with Crippen LogP contribution in [0.5, 0.6) is 0 Å². The van der Waals surface area contributed by atoms with Crippen molar-refractivity contribution in [2.45, 2.75) is 17.9 Å². The van der Waals surface area contributed by atoms with Crippen molar-refractivity contribution in [1.82, 2.24) is 4.98 Å². The highest BCUT2D eigenvalue weighted by molar-refractivity contribution is 9.10. The van der Waals surface area contributed by atoms with Crippen molar-refractivity contribution in [3.05, 3.63) is 24.5 Å². The minimum atomic E-state index is 0.630. The molecule has 1 aromatic rings. The van der Waals surface area contributed by atoms with E-state index in [9.17, 15) is 0 Å². The van der Waals surface area contributed by atoms with Gasteiger partial charge in [0.25, 0.3) is 0 Å². The van der Waals surface area contributed by atoms with Crippen LogP contribution >= 0.6 is 24.5 Å². The van der Waals surface area contributed by atoms with Gasteiger partial charge in [-0.1, -0.05) is 31.4 Å². The van der Waals surface area contributed by atoms with Crippen molar-refractivity contribution >= 4 is 29.8 Å². The first-order chi connectivity index (χ1) is 5.33. The molecule has 0 saturated carbocycles. The van der Waals surface area contributed by atoms with E-state index in [1.165, 1.54) is 11.7 Å². The third-order valence-corrected chi connectivity index (χ3v) is 4.08. The van der Waals surface area contributed by atoms with Crippen molar-refractivity contribution in [2.75, 3.05) is 0 Å². The third-order valence-electron chi connectivity index (χ3n) is 1.36. The van der Waals surface area contributed by atoms with Crippen LogP contribution in [0.4, 0.5) is 0 Å². The van der Waals surface area contributed by atoms with Gasteiger partial charge in [-0.05, 0) is 23.9 Å². The maximum Gasteiger partial charge on any atom is 0.0356 e. The van der Waals surface area contributed by atoms with Crippen molar-refractivity contribution in [1.29, 1.82) is 0 Å². The van der Waals surface area contributed by atoms with E-state index in [0.29, 0.717) is 4.57 Å². The molecule has 3 heteroatoms. The second-order valence-electron chi connectivity index (χ2n) is 2.26. The van der Waals surface area contributed by atoms with Crippen molar-refractivity contribution in [3.63, 3.8) is 0 Å². The van der Waals surface area contributed by atoms with Crippen LogP contribution in [0.1, 0.15) is 13.3 Å². The smallest absolute Gasteiger partial charge is 0.0356 e. The quantitative estimate of drug-likeness (QED) is 0.576. The minimum Gasteiger partial charge on any atom is -0.265 e. The first-order valence-corrected chi connectivity index (χ1v) is 5.63. The second kappa shape index (κ2) is 4.84. The standard InChI is InChI=1S/C8H11BrNP/c1-2-8(9)11-7-3-5-10-6-4-7/h3-6,8,11H,2H2,1H3. The number of nitrogens with zero attached hydrogens (tertiary/aromatic N) is 1. The molecule has 0 bridgehead atoms. The first kappa shape index (κ1) is 9.15. The minimum absolute atomic E-state index is 0.630. The fraction of sp³-hybridized carbons (Fsp3) is 0.375. The maximum atomic E-state index is 3.97. The molecule has 1 heterocycles. The molecule has 0 aliphatic rings. The summed E-state index contributed by atoms with van der Waals surface area (Å²) in [5, 5.41) is 1.38. The summed E-state index contributed by atoms with van der Waals surface area (Å²) in [6, 6.07) is 4.14. The lowest BCUT2D eigenvalue weighted by Gasteiger charge is -2.05. The van der Waals surface area contributed by atoms with Crippen molar-refractivity contribution in [3.8, 4) is 0 Å². The Labute approximate surface area is 77.5 Å². The lowest BCUT2D eigenvalue weighted by molar-refractivity contribution is 1.07. The van der Waals surface area contributed by atoms with Gasteiger partial charge in [-0.3, -0.25) is 4.98 Å². The Morgan fingerprint density at radius 2 is 2.18 bits per heavy atom. The van der Waals surface area contributed by atoms with Crippen LogP contribution in [0.15, 0.2) is 24.5 Å². The Kier molecular flexibility index (Phi) is 4.03. The van der Waals surface area contributed by atoms with Gasteiger partial charge in [0, 0.05) is 17.0 Å². The van der Waals surface area contributed by atoms with E-state index in [4.69, 9.17) is 0 Å². The topological polar surface area (TPSA) is 12.9 Å². The Balaban J connectivity index is 2.51. The molecule has 0 radical (unpaired) electrons. The predicted octanol–water partition coefficient (Wildman–Crippen LogP) is 2.52. The van der Waals surface area contributed by atoms with Crippen LogP contribution in [0.25, 0.3) is 0 Å². The molecule has 0 aromatic carbocycles. The zero-order valence-electron chi connectivity index (χ0n) is 6.42. The zero-order chi connectivity index (χ0) is 8.10. The average Bonchev–Trinajstić information content (AvgIpc) is 2.06. The molecule has 2 atom stereocenters. The van der Waals surface area contributed by atoms with Gasteiger partial charge in [-0.2, -0.15) is 0 Å². The van der Waals surface area contributed by atoms with Crippen molar-refractivity contribution in [2.24, 2.45) is 0 Å². The van der Waals surface area contributed by atoms with Gasteiger partial charge >= 0.3 is 0 Å². The lowest BCUT2D eigenvalue weighted by Crippen LogP contribution is -1.98. The summed E-state index contributed by atoms with van der Waals surface area (Å²) in [4.78, 5) is 3.97. The Hall–Kier alpha value is 0.0600. The molecule has 0 aliphatic carbocycles. The number of halogens is 1. The summed E-state index contributed by atoms with van der Waals surface area (Å²) in [5.74, 6) is 0. The third kappa shape index (κ3) is 3.31. The molecule has 0 amide bonds. The van der Waals surface area contributed by atoms with E-state index in [1.54, 1.807) is 0 Å².